The molecule has 1 aromatic rings. The van der Waals surface area contributed by atoms with Gasteiger partial charge in [0.25, 0.3) is 6.43 Å². The van der Waals surface area contributed by atoms with Crippen molar-refractivity contribution in [2.24, 2.45) is 0 Å². The zero-order chi connectivity index (χ0) is 13.0. The quantitative estimate of drug-likeness (QED) is 0.782. The van der Waals surface area contributed by atoms with Gasteiger partial charge in [-0.05, 0) is 0 Å². The van der Waals surface area contributed by atoms with Gasteiger partial charge in [-0.25, -0.2) is 8.78 Å². The molecule has 0 amide bonds. The Bertz CT molecular complexity index is 486. The first-order valence-electron chi connectivity index (χ1n) is 4.43. The molecule has 0 saturated heterocycles. The van der Waals surface area contributed by atoms with Gasteiger partial charge in [-0.3, -0.25) is 9.78 Å². The van der Waals surface area contributed by atoms with Crippen LogP contribution >= 0.6 is 11.6 Å². The maximum absolute atomic E-state index is 12.8. The summed E-state index contributed by atoms with van der Waals surface area (Å²) in [6, 6.07) is 1.64. The highest BCUT2D eigenvalue weighted by atomic mass is 35.5. The lowest BCUT2D eigenvalue weighted by Crippen LogP contribution is -2.10. The number of halogens is 3. The van der Waals surface area contributed by atoms with Crippen molar-refractivity contribution in [2.45, 2.75) is 12.8 Å². The van der Waals surface area contributed by atoms with E-state index in [1.165, 1.54) is 0 Å². The normalized spacial score (nSPS) is 10.1. The molecule has 0 radical (unpaired) electrons. The van der Waals surface area contributed by atoms with Gasteiger partial charge in [-0.2, -0.15) is 5.26 Å². The number of carbonyl (C=O) groups is 1. The lowest BCUT2D eigenvalue weighted by atomic mass is 10.1. The first kappa shape index (κ1) is 13.3. The third kappa shape index (κ3) is 2.88. The number of rotatable bonds is 3. The molecule has 0 N–H and O–H groups in total. The van der Waals surface area contributed by atoms with Crippen LogP contribution in [-0.2, 0) is 16.0 Å². The minimum Gasteiger partial charge on any atom is -0.469 e. The highest BCUT2D eigenvalue weighted by Gasteiger charge is 2.22. The molecule has 0 atom stereocenters. The summed E-state index contributed by atoms with van der Waals surface area (Å²) in [6.45, 7) is 0. The van der Waals surface area contributed by atoms with E-state index in [0.717, 1.165) is 13.3 Å². The first-order valence-corrected chi connectivity index (χ1v) is 4.81. The molecule has 0 spiro atoms. The molecule has 0 aliphatic rings. The number of nitriles is 1. The van der Waals surface area contributed by atoms with Crippen LogP contribution in [0.4, 0.5) is 8.78 Å². The topological polar surface area (TPSA) is 63.0 Å². The Labute approximate surface area is 101 Å². The van der Waals surface area contributed by atoms with Gasteiger partial charge >= 0.3 is 5.97 Å². The molecule has 0 aliphatic carbocycles. The zero-order valence-electron chi connectivity index (χ0n) is 8.71. The van der Waals surface area contributed by atoms with E-state index in [1.54, 1.807) is 6.07 Å². The highest BCUT2D eigenvalue weighted by Crippen LogP contribution is 2.31. The highest BCUT2D eigenvalue weighted by molar-refractivity contribution is 6.32. The summed E-state index contributed by atoms with van der Waals surface area (Å²) in [5.74, 6) is -0.708. The molecular weight excluding hydrogens is 254 g/mol. The predicted molar refractivity (Wildman–Crippen MR) is 54.6 cm³/mol. The van der Waals surface area contributed by atoms with Crippen LogP contribution < -0.4 is 0 Å². The maximum Gasteiger partial charge on any atom is 0.311 e. The van der Waals surface area contributed by atoms with E-state index in [-0.39, 0.29) is 16.3 Å². The van der Waals surface area contributed by atoms with E-state index >= 15 is 0 Å². The zero-order valence-corrected chi connectivity index (χ0v) is 9.46. The molecule has 4 nitrogen and oxygen atoms in total. The standard InChI is InChI=1S/C10H7ClF2N2O2/c1-17-7(16)2-6-8(10(12)13)9(11)5(3-14)4-15-6/h4,10H,2H2,1H3. The Morgan fingerprint density at radius 2 is 2.35 bits per heavy atom. The summed E-state index contributed by atoms with van der Waals surface area (Å²) < 4.78 is 29.9. The second-order valence-electron chi connectivity index (χ2n) is 3.01. The number of alkyl halides is 2. The number of methoxy groups -OCH3 is 1. The van der Waals surface area contributed by atoms with Crippen molar-refractivity contribution in [1.29, 1.82) is 5.26 Å². The summed E-state index contributed by atoms with van der Waals surface area (Å²) in [5, 5.41) is 8.25. The minimum absolute atomic E-state index is 0.157. The molecule has 7 heteroatoms. The molecule has 0 fully saturated rings. The molecule has 1 aromatic heterocycles. The Balaban J connectivity index is 3.27. The fraction of sp³-hybridized carbons (Fsp3) is 0.300. The molecule has 0 bridgehead atoms. The van der Waals surface area contributed by atoms with Crippen molar-refractivity contribution in [3.8, 4) is 6.07 Å². The summed E-state index contributed by atoms with van der Waals surface area (Å²) in [7, 11) is 1.13. The number of hydrogen-bond acceptors (Lipinski definition) is 4. The van der Waals surface area contributed by atoms with Crippen LogP contribution in [0.2, 0.25) is 5.02 Å². The third-order valence-electron chi connectivity index (χ3n) is 2.01. The number of pyridine rings is 1. The fourth-order valence-corrected chi connectivity index (χ4v) is 1.47. The van der Waals surface area contributed by atoms with E-state index in [1.807, 2.05) is 0 Å². The van der Waals surface area contributed by atoms with Crippen LogP contribution in [0.25, 0.3) is 0 Å². The number of ether oxygens (including phenoxy) is 1. The van der Waals surface area contributed by atoms with Gasteiger partial charge in [-0.15, -0.1) is 0 Å². The second kappa shape index (κ2) is 5.55. The summed E-state index contributed by atoms with van der Waals surface area (Å²) in [5.41, 5.74) is -0.942. The van der Waals surface area contributed by atoms with E-state index in [9.17, 15) is 13.6 Å². The van der Waals surface area contributed by atoms with Crippen LogP contribution in [0.15, 0.2) is 6.20 Å². The lowest BCUT2D eigenvalue weighted by molar-refractivity contribution is -0.139. The first-order chi connectivity index (χ1) is 8.01. The Morgan fingerprint density at radius 3 is 2.82 bits per heavy atom. The van der Waals surface area contributed by atoms with Gasteiger partial charge in [0.15, 0.2) is 0 Å². The number of hydrogen-bond donors (Lipinski definition) is 0. The Morgan fingerprint density at radius 1 is 1.71 bits per heavy atom. The number of aromatic nitrogens is 1. The number of esters is 1. The molecule has 17 heavy (non-hydrogen) atoms. The van der Waals surface area contributed by atoms with Crippen molar-refractivity contribution in [3.05, 3.63) is 28.0 Å². The molecule has 1 rings (SSSR count). The summed E-state index contributed by atoms with van der Waals surface area (Å²) in [4.78, 5) is 14.6. The van der Waals surface area contributed by atoms with Gasteiger partial charge in [-0.1, -0.05) is 11.6 Å². The van der Waals surface area contributed by atoms with Crippen molar-refractivity contribution in [3.63, 3.8) is 0 Å². The smallest absolute Gasteiger partial charge is 0.311 e. The van der Waals surface area contributed by atoms with E-state index in [4.69, 9.17) is 16.9 Å². The van der Waals surface area contributed by atoms with Crippen molar-refractivity contribution in [2.75, 3.05) is 7.11 Å². The van der Waals surface area contributed by atoms with Gasteiger partial charge in [0.05, 0.1) is 35.4 Å². The monoisotopic (exact) mass is 260 g/mol. The lowest BCUT2D eigenvalue weighted by Gasteiger charge is -2.09. The van der Waals surface area contributed by atoms with E-state index in [2.05, 4.69) is 9.72 Å². The molecule has 0 aliphatic heterocycles. The average Bonchev–Trinajstić information content (AvgIpc) is 2.28. The van der Waals surface area contributed by atoms with Crippen LogP contribution in [0.1, 0.15) is 23.2 Å². The molecule has 0 saturated carbocycles. The number of carbonyl (C=O) groups excluding carboxylic acids is 1. The SMILES string of the molecule is COC(=O)Cc1ncc(C#N)c(Cl)c1C(F)F. The molecule has 90 valence electrons. The maximum atomic E-state index is 12.8. The van der Waals surface area contributed by atoms with Gasteiger partial charge in [0, 0.05) is 6.20 Å². The Kier molecular flexibility index (Phi) is 4.35. The predicted octanol–water partition coefficient (Wildman–Crippen LogP) is 2.26. The largest absolute Gasteiger partial charge is 0.469 e. The molecular formula is C10H7ClF2N2O2. The van der Waals surface area contributed by atoms with Crippen LogP contribution in [0, 0.1) is 11.3 Å². The Hall–Kier alpha value is -1.74. The van der Waals surface area contributed by atoms with E-state index in [0.29, 0.717) is 0 Å². The van der Waals surface area contributed by atoms with Crippen LogP contribution in [-0.4, -0.2) is 18.1 Å². The van der Waals surface area contributed by atoms with Crippen molar-refractivity contribution >= 4 is 17.6 Å². The average molecular weight is 261 g/mol. The number of nitrogens with zero attached hydrogens (tertiary/aromatic N) is 2. The van der Waals surface area contributed by atoms with Crippen molar-refractivity contribution < 1.29 is 18.3 Å². The van der Waals surface area contributed by atoms with Crippen LogP contribution in [0.3, 0.4) is 0 Å². The fourth-order valence-electron chi connectivity index (χ4n) is 1.19. The van der Waals surface area contributed by atoms with Crippen molar-refractivity contribution in [1.82, 2.24) is 4.98 Å². The summed E-state index contributed by atoms with van der Waals surface area (Å²) in [6.07, 6.45) is -2.28. The molecule has 0 aromatic carbocycles. The summed E-state index contributed by atoms with van der Waals surface area (Å²) >= 11 is 5.64. The molecule has 1 heterocycles. The van der Waals surface area contributed by atoms with E-state index < -0.39 is 24.4 Å². The minimum atomic E-state index is -2.91. The van der Waals surface area contributed by atoms with Gasteiger partial charge in [0.1, 0.15) is 6.07 Å². The second-order valence-corrected chi connectivity index (χ2v) is 3.39. The van der Waals surface area contributed by atoms with Gasteiger partial charge < -0.3 is 4.74 Å². The molecule has 0 unspecified atom stereocenters. The van der Waals surface area contributed by atoms with Gasteiger partial charge in [0.2, 0.25) is 0 Å². The van der Waals surface area contributed by atoms with Crippen LogP contribution in [0.5, 0.6) is 0 Å². The third-order valence-corrected chi connectivity index (χ3v) is 2.42.